The summed E-state index contributed by atoms with van der Waals surface area (Å²) >= 11 is 0. The quantitative estimate of drug-likeness (QED) is 0.641. The lowest BCUT2D eigenvalue weighted by Gasteiger charge is -2.08. The van der Waals surface area contributed by atoms with Crippen molar-refractivity contribution < 1.29 is 15.3 Å². The lowest BCUT2D eigenvalue weighted by atomic mass is 10.1. The summed E-state index contributed by atoms with van der Waals surface area (Å²) in [6.07, 6.45) is -0.304. The molecule has 3 heteroatoms. The highest BCUT2D eigenvalue weighted by Crippen LogP contribution is 2.17. The standard InChI is InChI=1S/C10H14O3/c1-7-4-8(2-3-10(7)13)5-9(12)6-11/h2-4,9,11-13H,5-6H2,1H3/t9-/m0/s1. The fourth-order valence-electron chi connectivity index (χ4n) is 1.18. The highest BCUT2D eigenvalue weighted by molar-refractivity contribution is 5.35. The Bertz CT molecular complexity index is 283. The fourth-order valence-corrected chi connectivity index (χ4v) is 1.18. The van der Waals surface area contributed by atoms with Crippen LogP contribution in [-0.4, -0.2) is 28.0 Å². The summed E-state index contributed by atoms with van der Waals surface area (Å²) in [5.41, 5.74) is 1.69. The van der Waals surface area contributed by atoms with Crippen molar-refractivity contribution in [3.63, 3.8) is 0 Å². The molecular formula is C10H14O3. The number of phenolic OH excluding ortho intramolecular Hbond substituents is 1. The average molecular weight is 182 g/mol. The minimum absolute atomic E-state index is 0.236. The van der Waals surface area contributed by atoms with Gasteiger partial charge in [-0.1, -0.05) is 12.1 Å². The second kappa shape index (κ2) is 4.25. The van der Waals surface area contributed by atoms with Crippen molar-refractivity contribution in [2.75, 3.05) is 6.61 Å². The minimum atomic E-state index is -0.719. The number of aryl methyl sites for hydroxylation is 1. The third-order valence-corrected chi connectivity index (χ3v) is 1.94. The summed E-state index contributed by atoms with van der Waals surface area (Å²) in [6.45, 7) is 1.56. The highest BCUT2D eigenvalue weighted by atomic mass is 16.3. The van der Waals surface area contributed by atoms with Gasteiger partial charge < -0.3 is 15.3 Å². The Labute approximate surface area is 77.3 Å². The number of rotatable bonds is 3. The first kappa shape index (κ1) is 10.0. The molecule has 0 aliphatic heterocycles. The molecule has 1 aromatic carbocycles. The molecule has 0 amide bonds. The van der Waals surface area contributed by atoms with E-state index in [0.717, 1.165) is 11.1 Å². The molecule has 0 spiro atoms. The van der Waals surface area contributed by atoms with Gasteiger partial charge in [-0.15, -0.1) is 0 Å². The lowest BCUT2D eigenvalue weighted by molar-refractivity contribution is 0.0955. The van der Waals surface area contributed by atoms with Crippen LogP contribution in [0.1, 0.15) is 11.1 Å². The third-order valence-electron chi connectivity index (χ3n) is 1.94. The predicted octanol–water partition coefficient (Wildman–Crippen LogP) is 0.596. The van der Waals surface area contributed by atoms with Crippen LogP contribution < -0.4 is 0 Å². The van der Waals surface area contributed by atoms with Gasteiger partial charge in [-0.2, -0.15) is 0 Å². The summed E-state index contributed by atoms with van der Waals surface area (Å²) in [6, 6.07) is 5.13. The van der Waals surface area contributed by atoms with Crippen molar-refractivity contribution >= 4 is 0 Å². The Morgan fingerprint density at radius 2 is 2.08 bits per heavy atom. The van der Waals surface area contributed by atoms with Crippen LogP contribution in [0.4, 0.5) is 0 Å². The maximum Gasteiger partial charge on any atom is 0.118 e. The molecule has 0 radical (unpaired) electrons. The summed E-state index contributed by atoms with van der Waals surface area (Å²) in [5.74, 6) is 0.252. The molecule has 0 aromatic heterocycles. The van der Waals surface area contributed by atoms with E-state index in [1.54, 1.807) is 25.1 Å². The number of aromatic hydroxyl groups is 1. The van der Waals surface area contributed by atoms with E-state index in [1.807, 2.05) is 0 Å². The first-order chi connectivity index (χ1) is 6.13. The topological polar surface area (TPSA) is 60.7 Å². The molecule has 72 valence electrons. The van der Waals surface area contributed by atoms with Gasteiger partial charge in [0.1, 0.15) is 5.75 Å². The van der Waals surface area contributed by atoms with E-state index in [9.17, 15) is 5.11 Å². The molecule has 0 saturated carbocycles. The highest BCUT2D eigenvalue weighted by Gasteiger charge is 2.04. The zero-order valence-electron chi connectivity index (χ0n) is 7.57. The molecule has 0 aliphatic carbocycles. The Balaban J connectivity index is 2.73. The van der Waals surface area contributed by atoms with Crippen LogP contribution in [0, 0.1) is 6.92 Å². The molecule has 0 aliphatic rings. The average Bonchev–Trinajstić information content (AvgIpc) is 2.11. The smallest absolute Gasteiger partial charge is 0.118 e. The first-order valence-electron chi connectivity index (χ1n) is 4.21. The fraction of sp³-hybridized carbons (Fsp3) is 0.400. The largest absolute Gasteiger partial charge is 0.508 e. The minimum Gasteiger partial charge on any atom is -0.508 e. The molecule has 3 nitrogen and oxygen atoms in total. The van der Waals surface area contributed by atoms with Gasteiger partial charge in [-0.3, -0.25) is 0 Å². The van der Waals surface area contributed by atoms with Crippen LogP contribution in [-0.2, 0) is 6.42 Å². The molecular weight excluding hydrogens is 168 g/mol. The van der Waals surface area contributed by atoms with Crippen LogP contribution in [0.2, 0.25) is 0 Å². The molecule has 13 heavy (non-hydrogen) atoms. The van der Waals surface area contributed by atoms with Gasteiger partial charge in [-0.25, -0.2) is 0 Å². The molecule has 1 aromatic rings. The Morgan fingerprint density at radius 1 is 1.38 bits per heavy atom. The van der Waals surface area contributed by atoms with Gasteiger partial charge >= 0.3 is 0 Å². The number of hydrogen-bond donors (Lipinski definition) is 3. The number of benzene rings is 1. The van der Waals surface area contributed by atoms with Crippen LogP contribution in [0.5, 0.6) is 5.75 Å². The van der Waals surface area contributed by atoms with Gasteiger partial charge in [-0.05, 0) is 24.1 Å². The molecule has 1 atom stereocenters. The zero-order chi connectivity index (χ0) is 9.84. The molecule has 0 fully saturated rings. The van der Waals surface area contributed by atoms with E-state index in [4.69, 9.17) is 10.2 Å². The Hall–Kier alpha value is -1.06. The van der Waals surface area contributed by atoms with Crippen molar-refractivity contribution in [3.05, 3.63) is 29.3 Å². The first-order valence-corrected chi connectivity index (χ1v) is 4.21. The van der Waals surface area contributed by atoms with Crippen LogP contribution in [0.25, 0.3) is 0 Å². The monoisotopic (exact) mass is 182 g/mol. The predicted molar refractivity (Wildman–Crippen MR) is 49.6 cm³/mol. The van der Waals surface area contributed by atoms with Gasteiger partial charge in [0.25, 0.3) is 0 Å². The Kier molecular flexibility index (Phi) is 3.28. The second-order valence-corrected chi connectivity index (χ2v) is 3.16. The Morgan fingerprint density at radius 3 is 2.62 bits per heavy atom. The number of aliphatic hydroxyl groups is 2. The van der Waals surface area contributed by atoms with E-state index in [2.05, 4.69) is 0 Å². The number of phenols is 1. The maximum absolute atomic E-state index is 9.22. The molecule has 0 bridgehead atoms. The van der Waals surface area contributed by atoms with Crippen LogP contribution >= 0.6 is 0 Å². The van der Waals surface area contributed by atoms with Crippen LogP contribution in [0.3, 0.4) is 0 Å². The zero-order valence-corrected chi connectivity index (χ0v) is 7.57. The van der Waals surface area contributed by atoms with Gasteiger partial charge in [0.15, 0.2) is 0 Å². The van der Waals surface area contributed by atoms with Crippen molar-refractivity contribution in [1.29, 1.82) is 0 Å². The van der Waals surface area contributed by atoms with Crippen molar-refractivity contribution in [3.8, 4) is 5.75 Å². The van der Waals surface area contributed by atoms with E-state index in [1.165, 1.54) is 0 Å². The molecule has 3 N–H and O–H groups in total. The van der Waals surface area contributed by atoms with Crippen LogP contribution in [0.15, 0.2) is 18.2 Å². The molecule has 0 heterocycles. The summed E-state index contributed by atoms with van der Waals surface area (Å²) < 4.78 is 0. The van der Waals surface area contributed by atoms with E-state index >= 15 is 0 Å². The maximum atomic E-state index is 9.22. The normalized spacial score (nSPS) is 12.8. The molecule has 0 unspecified atom stereocenters. The van der Waals surface area contributed by atoms with Crippen molar-refractivity contribution in [2.24, 2.45) is 0 Å². The van der Waals surface area contributed by atoms with Gasteiger partial charge in [0.05, 0.1) is 12.7 Å². The van der Waals surface area contributed by atoms with Crippen molar-refractivity contribution in [1.82, 2.24) is 0 Å². The van der Waals surface area contributed by atoms with E-state index in [-0.39, 0.29) is 12.4 Å². The molecule has 0 saturated heterocycles. The van der Waals surface area contributed by atoms with Crippen molar-refractivity contribution in [2.45, 2.75) is 19.4 Å². The van der Waals surface area contributed by atoms with E-state index in [0.29, 0.717) is 6.42 Å². The van der Waals surface area contributed by atoms with Gasteiger partial charge in [0.2, 0.25) is 0 Å². The van der Waals surface area contributed by atoms with Gasteiger partial charge in [0, 0.05) is 6.42 Å². The summed E-state index contributed by atoms with van der Waals surface area (Å²) in [5, 5.41) is 27.0. The second-order valence-electron chi connectivity index (χ2n) is 3.16. The number of hydrogen-bond acceptors (Lipinski definition) is 3. The molecule has 1 rings (SSSR count). The summed E-state index contributed by atoms with van der Waals surface area (Å²) in [7, 11) is 0. The SMILES string of the molecule is Cc1cc(C[C@H](O)CO)ccc1O. The summed E-state index contributed by atoms with van der Waals surface area (Å²) in [4.78, 5) is 0. The van der Waals surface area contributed by atoms with E-state index < -0.39 is 6.10 Å². The lowest BCUT2D eigenvalue weighted by Crippen LogP contribution is -2.14. The third kappa shape index (κ3) is 2.72. The number of aliphatic hydroxyl groups excluding tert-OH is 2.